The molecule has 0 fully saturated rings. The maximum atomic E-state index is 12.4. The van der Waals surface area contributed by atoms with Crippen molar-refractivity contribution in [3.63, 3.8) is 0 Å². The molecule has 2 aromatic heterocycles. The molecule has 6 N–H and O–H groups in total. The van der Waals surface area contributed by atoms with Crippen molar-refractivity contribution in [3.05, 3.63) is 41.5 Å². The summed E-state index contributed by atoms with van der Waals surface area (Å²) in [7, 11) is 0. The Hall–Kier alpha value is -4.60. The molecule has 2 amide bonds. The molecule has 0 spiro atoms. The van der Waals surface area contributed by atoms with Gasteiger partial charge in [0.1, 0.15) is 12.1 Å². The lowest BCUT2D eigenvalue weighted by Crippen LogP contribution is -2.51. The van der Waals surface area contributed by atoms with Crippen LogP contribution in [0.2, 0.25) is 0 Å². The second-order valence-corrected chi connectivity index (χ2v) is 10.1. The third kappa shape index (κ3) is 10.1. The minimum absolute atomic E-state index is 0.107. The van der Waals surface area contributed by atoms with E-state index in [-0.39, 0.29) is 12.8 Å². The molecule has 0 saturated carbocycles. The van der Waals surface area contributed by atoms with Gasteiger partial charge in [-0.2, -0.15) is 0 Å². The van der Waals surface area contributed by atoms with Crippen LogP contribution in [0.4, 0.5) is 14.3 Å². The van der Waals surface area contributed by atoms with Crippen molar-refractivity contribution >= 4 is 40.4 Å². The fraction of sp³-hybridized carbons (Fsp3) is 0.423. The van der Waals surface area contributed by atoms with Crippen LogP contribution in [0, 0.1) is 0 Å². The van der Waals surface area contributed by atoms with E-state index in [2.05, 4.69) is 31.2 Å². The zero-order valence-corrected chi connectivity index (χ0v) is 23.3. The predicted molar refractivity (Wildman–Crippen MR) is 150 cm³/mol. The molecule has 2 heterocycles. The number of alkyl halides is 1. The molecule has 16 heteroatoms. The van der Waals surface area contributed by atoms with Gasteiger partial charge in [-0.05, 0) is 50.7 Å². The number of aliphatic carboxylic acids is 3. The van der Waals surface area contributed by atoms with Gasteiger partial charge in [0.15, 0.2) is 5.13 Å². The number of carbonyl (C=O) groups is 4. The van der Waals surface area contributed by atoms with E-state index in [1.54, 1.807) is 10.9 Å². The summed E-state index contributed by atoms with van der Waals surface area (Å²) in [6.45, 7) is 0.115. The number of rotatable bonds is 18. The Morgan fingerprint density at radius 1 is 0.952 bits per heavy atom. The number of carbonyl (C=O) groups excluding carboxylic acids is 1. The summed E-state index contributed by atoms with van der Waals surface area (Å²) in [6, 6.07) is 3.91. The summed E-state index contributed by atoms with van der Waals surface area (Å²) in [5.74, 6) is -3.90. The average molecular weight is 606 g/mol. The van der Waals surface area contributed by atoms with Crippen molar-refractivity contribution in [2.75, 3.05) is 18.5 Å². The molecule has 0 aliphatic rings. The van der Waals surface area contributed by atoms with E-state index >= 15 is 0 Å². The third-order valence-electron chi connectivity index (χ3n) is 6.09. The molecular formula is C26H32FN7O7S. The number of hydrogen-bond donors (Lipinski definition) is 6. The maximum Gasteiger partial charge on any atom is 0.326 e. The van der Waals surface area contributed by atoms with Crippen LogP contribution in [-0.4, -0.2) is 84.5 Å². The van der Waals surface area contributed by atoms with Crippen molar-refractivity contribution in [1.82, 2.24) is 30.6 Å². The Balaban J connectivity index is 1.42. The number of nitrogens with zero attached hydrogens (tertiary/aromatic N) is 4. The highest BCUT2D eigenvalue weighted by molar-refractivity contribution is 7.14. The smallest absolute Gasteiger partial charge is 0.326 e. The van der Waals surface area contributed by atoms with E-state index in [9.17, 15) is 28.7 Å². The summed E-state index contributed by atoms with van der Waals surface area (Å²) in [5.41, 5.74) is 3.23. The molecule has 226 valence electrons. The van der Waals surface area contributed by atoms with Gasteiger partial charge in [-0.3, -0.25) is 9.18 Å². The topological polar surface area (TPSA) is 209 Å². The molecule has 14 nitrogen and oxygen atoms in total. The Morgan fingerprint density at radius 3 is 2.29 bits per heavy atom. The third-order valence-corrected chi connectivity index (χ3v) is 6.89. The lowest BCUT2D eigenvalue weighted by molar-refractivity contribution is -0.140. The van der Waals surface area contributed by atoms with E-state index < -0.39 is 49.1 Å². The van der Waals surface area contributed by atoms with Crippen LogP contribution in [0.5, 0.6) is 0 Å². The first-order valence-electron chi connectivity index (χ1n) is 13.2. The van der Waals surface area contributed by atoms with Crippen LogP contribution < -0.4 is 16.0 Å². The second-order valence-electron chi connectivity index (χ2n) is 9.29. The van der Waals surface area contributed by atoms with Gasteiger partial charge in [-0.25, -0.2) is 24.0 Å². The fourth-order valence-corrected chi connectivity index (χ4v) is 4.62. The van der Waals surface area contributed by atoms with E-state index in [0.717, 1.165) is 22.6 Å². The van der Waals surface area contributed by atoms with Gasteiger partial charge in [-0.15, -0.1) is 16.4 Å². The zero-order valence-electron chi connectivity index (χ0n) is 22.5. The van der Waals surface area contributed by atoms with Crippen LogP contribution >= 0.6 is 11.3 Å². The highest BCUT2D eigenvalue weighted by Gasteiger charge is 2.24. The second kappa shape index (κ2) is 16.0. The van der Waals surface area contributed by atoms with Gasteiger partial charge in [-0.1, -0.05) is 17.3 Å². The lowest BCUT2D eigenvalue weighted by Gasteiger charge is -2.18. The molecule has 42 heavy (non-hydrogen) atoms. The SMILES string of the molecule is O=C(O)CCC(NC(=O)NC(CCCCNc1nc(-c2ccc(-n3cc(CCCF)nn3)cc2)cs1)C(=O)O)C(=O)O. The van der Waals surface area contributed by atoms with Crippen LogP contribution in [-0.2, 0) is 20.8 Å². The normalized spacial score (nSPS) is 12.3. The Labute approximate surface area is 244 Å². The summed E-state index contributed by atoms with van der Waals surface area (Å²) < 4.78 is 14.0. The van der Waals surface area contributed by atoms with Gasteiger partial charge in [0.05, 0.1) is 29.9 Å². The molecule has 1 aromatic carbocycles. The van der Waals surface area contributed by atoms with Crippen LogP contribution in [0.25, 0.3) is 16.9 Å². The fourth-order valence-electron chi connectivity index (χ4n) is 3.87. The molecule has 3 aromatic rings. The minimum Gasteiger partial charge on any atom is -0.481 e. The number of carboxylic acids is 3. The molecule has 0 radical (unpaired) electrons. The number of aromatic nitrogens is 4. The van der Waals surface area contributed by atoms with Gasteiger partial charge in [0, 0.05) is 23.9 Å². The predicted octanol–water partition coefficient (Wildman–Crippen LogP) is 2.95. The van der Waals surface area contributed by atoms with Crippen molar-refractivity contribution in [2.24, 2.45) is 0 Å². The summed E-state index contributed by atoms with van der Waals surface area (Å²) >= 11 is 1.42. The molecule has 3 rings (SSSR count). The molecule has 0 aliphatic heterocycles. The summed E-state index contributed by atoms with van der Waals surface area (Å²) in [6.07, 6.45) is 3.05. The number of amides is 2. The van der Waals surface area contributed by atoms with Crippen LogP contribution in [0.15, 0.2) is 35.8 Å². The quantitative estimate of drug-likeness (QED) is 0.116. The molecule has 2 atom stereocenters. The maximum absolute atomic E-state index is 12.4. The number of benzene rings is 1. The number of carboxylic acid groups (broad SMARTS) is 3. The Kier molecular flexibility index (Phi) is 12.2. The van der Waals surface area contributed by atoms with E-state index in [0.29, 0.717) is 37.4 Å². The molecule has 2 unspecified atom stereocenters. The molecule has 0 bridgehead atoms. The molecule has 0 saturated heterocycles. The van der Waals surface area contributed by atoms with Crippen molar-refractivity contribution in [1.29, 1.82) is 0 Å². The van der Waals surface area contributed by atoms with Gasteiger partial charge in [0.25, 0.3) is 0 Å². The zero-order chi connectivity index (χ0) is 30.5. The Morgan fingerprint density at radius 2 is 1.64 bits per heavy atom. The molecular weight excluding hydrogens is 573 g/mol. The van der Waals surface area contributed by atoms with Crippen molar-refractivity contribution in [2.45, 2.75) is 57.0 Å². The number of thiazole rings is 1. The van der Waals surface area contributed by atoms with E-state index in [1.165, 1.54) is 11.3 Å². The van der Waals surface area contributed by atoms with Crippen LogP contribution in [0.3, 0.4) is 0 Å². The highest BCUT2D eigenvalue weighted by atomic mass is 32.1. The Bertz CT molecular complexity index is 1350. The highest BCUT2D eigenvalue weighted by Crippen LogP contribution is 2.26. The number of hydrogen-bond acceptors (Lipinski definition) is 9. The van der Waals surface area contributed by atoms with E-state index in [4.69, 9.17) is 10.2 Å². The number of nitrogens with one attached hydrogen (secondary N) is 3. The van der Waals surface area contributed by atoms with Gasteiger partial charge in [0.2, 0.25) is 0 Å². The van der Waals surface area contributed by atoms with Crippen molar-refractivity contribution in [3.8, 4) is 16.9 Å². The summed E-state index contributed by atoms with van der Waals surface area (Å²) in [5, 5.41) is 45.5. The molecule has 0 aliphatic carbocycles. The largest absolute Gasteiger partial charge is 0.481 e. The first-order chi connectivity index (χ1) is 20.2. The summed E-state index contributed by atoms with van der Waals surface area (Å²) in [4.78, 5) is 50.1. The monoisotopic (exact) mass is 605 g/mol. The lowest BCUT2D eigenvalue weighted by atomic mass is 10.1. The van der Waals surface area contributed by atoms with Crippen LogP contribution in [0.1, 0.15) is 44.2 Å². The van der Waals surface area contributed by atoms with E-state index in [1.807, 2.05) is 29.6 Å². The first kappa shape index (κ1) is 31.9. The number of aryl methyl sites for hydroxylation is 1. The standard InChI is InChI=1S/C26H32FN7O7S/c27-12-3-4-17-14-34(33-32-17)18-8-6-16(7-9-18)21-15-42-26(31-21)28-13-2-1-5-19(23(37)38)29-25(41)30-20(24(39)40)10-11-22(35)36/h6-9,14-15,19-20H,1-5,10-13H2,(H,28,31)(H,35,36)(H,37,38)(H,39,40)(H2,29,30,41). The van der Waals surface area contributed by atoms with Gasteiger partial charge >= 0.3 is 23.9 Å². The number of anilines is 1. The minimum atomic E-state index is -1.46. The first-order valence-corrected chi connectivity index (χ1v) is 14.1. The number of urea groups is 1. The average Bonchev–Trinajstić information content (AvgIpc) is 3.63. The van der Waals surface area contributed by atoms with Crippen molar-refractivity contribution < 1.29 is 38.9 Å². The van der Waals surface area contributed by atoms with Gasteiger partial charge < -0.3 is 31.3 Å². The number of halogens is 1. The number of unbranched alkanes of at least 4 members (excludes halogenated alkanes) is 1.